The van der Waals surface area contributed by atoms with Crippen molar-refractivity contribution in [3.8, 4) is 11.3 Å². The lowest BCUT2D eigenvalue weighted by Gasteiger charge is -2.06. The summed E-state index contributed by atoms with van der Waals surface area (Å²) >= 11 is 0. The van der Waals surface area contributed by atoms with Gasteiger partial charge < -0.3 is 10.7 Å². The van der Waals surface area contributed by atoms with Gasteiger partial charge in [0, 0.05) is 17.4 Å². The van der Waals surface area contributed by atoms with Crippen LogP contribution in [0.1, 0.15) is 22.3 Å². The van der Waals surface area contributed by atoms with Crippen molar-refractivity contribution in [3.63, 3.8) is 0 Å². The Kier molecular flexibility index (Phi) is 3.11. The first kappa shape index (κ1) is 12.9. The first-order valence-corrected chi connectivity index (χ1v) is 6.99. The van der Waals surface area contributed by atoms with Crippen LogP contribution in [0.5, 0.6) is 0 Å². The molecular formula is C18H20N2. The van der Waals surface area contributed by atoms with Crippen molar-refractivity contribution >= 4 is 10.9 Å². The minimum Gasteiger partial charge on any atom is -0.354 e. The predicted molar refractivity (Wildman–Crippen MR) is 85.8 cm³/mol. The second-order valence-corrected chi connectivity index (χ2v) is 5.53. The molecule has 2 aromatic carbocycles. The largest absolute Gasteiger partial charge is 0.354 e. The van der Waals surface area contributed by atoms with E-state index in [4.69, 9.17) is 5.73 Å². The van der Waals surface area contributed by atoms with E-state index in [0.29, 0.717) is 6.54 Å². The SMILES string of the molecule is Cc1ccc2[nH]c(-c3ccc(C)c(C)c3)c(CN)c2c1. The molecule has 3 aromatic rings. The van der Waals surface area contributed by atoms with Crippen molar-refractivity contribution < 1.29 is 0 Å². The van der Waals surface area contributed by atoms with E-state index in [1.165, 1.54) is 33.2 Å². The van der Waals surface area contributed by atoms with E-state index in [1.54, 1.807) is 0 Å². The molecule has 1 aromatic heterocycles. The van der Waals surface area contributed by atoms with E-state index < -0.39 is 0 Å². The van der Waals surface area contributed by atoms with Crippen LogP contribution in [-0.4, -0.2) is 4.98 Å². The molecule has 0 aliphatic rings. The summed E-state index contributed by atoms with van der Waals surface area (Å²) in [5.41, 5.74) is 14.6. The minimum atomic E-state index is 0.547. The zero-order chi connectivity index (χ0) is 14.3. The fourth-order valence-electron chi connectivity index (χ4n) is 2.72. The first-order chi connectivity index (χ1) is 9.60. The monoisotopic (exact) mass is 264 g/mol. The van der Waals surface area contributed by atoms with E-state index >= 15 is 0 Å². The number of hydrogen-bond acceptors (Lipinski definition) is 1. The van der Waals surface area contributed by atoms with Crippen molar-refractivity contribution in [2.75, 3.05) is 0 Å². The van der Waals surface area contributed by atoms with E-state index in [2.05, 4.69) is 62.2 Å². The minimum absolute atomic E-state index is 0.547. The maximum atomic E-state index is 6.00. The Bertz CT molecular complexity index is 781. The number of benzene rings is 2. The number of nitrogens with one attached hydrogen (secondary N) is 1. The van der Waals surface area contributed by atoms with E-state index in [0.717, 1.165) is 11.2 Å². The van der Waals surface area contributed by atoms with Crippen LogP contribution in [0.25, 0.3) is 22.2 Å². The maximum Gasteiger partial charge on any atom is 0.0510 e. The third-order valence-electron chi connectivity index (χ3n) is 4.06. The molecule has 102 valence electrons. The lowest BCUT2D eigenvalue weighted by Crippen LogP contribution is -1.97. The normalized spacial score (nSPS) is 11.2. The van der Waals surface area contributed by atoms with Gasteiger partial charge in [-0.05, 0) is 61.2 Å². The molecule has 1 heterocycles. The summed E-state index contributed by atoms with van der Waals surface area (Å²) in [5, 5.41) is 1.24. The fraction of sp³-hybridized carbons (Fsp3) is 0.222. The molecule has 0 amide bonds. The Balaban J connectivity index is 2.27. The molecule has 0 fully saturated rings. The number of H-pyrrole nitrogens is 1. The van der Waals surface area contributed by atoms with Crippen molar-refractivity contribution in [1.82, 2.24) is 4.98 Å². The van der Waals surface area contributed by atoms with Crippen LogP contribution >= 0.6 is 0 Å². The van der Waals surface area contributed by atoms with Gasteiger partial charge in [-0.3, -0.25) is 0 Å². The lowest BCUT2D eigenvalue weighted by molar-refractivity contribution is 1.09. The first-order valence-electron chi connectivity index (χ1n) is 6.99. The molecule has 2 heteroatoms. The quantitative estimate of drug-likeness (QED) is 0.715. The molecule has 0 aliphatic carbocycles. The van der Waals surface area contributed by atoms with E-state index in [9.17, 15) is 0 Å². The second kappa shape index (κ2) is 4.80. The van der Waals surface area contributed by atoms with Crippen LogP contribution in [0.2, 0.25) is 0 Å². The summed E-state index contributed by atoms with van der Waals surface area (Å²) in [6.45, 7) is 6.94. The molecule has 0 saturated heterocycles. The Hall–Kier alpha value is -2.06. The number of rotatable bonds is 2. The summed E-state index contributed by atoms with van der Waals surface area (Å²) in [4.78, 5) is 3.53. The van der Waals surface area contributed by atoms with Gasteiger partial charge in [-0.15, -0.1) is 0 Å². The van der Waals surface area contributed by atoms with Gasteiger partial charge in [0.15, 0.2) is 0 Å². The molecule has 3 rings (SSSR count). The highest BCUT2D eigenvalue weighted by Gasteiger charge is 2.12. The molecule has 0 unspecified atom stereocenters. The average Bonchev–Trinajstić information content (AvgIpc) is 2.79. The van der Waals surface area contributed by atoms with Gasteiger partial charge in [-0.1, -0.05) is 23.8 Å². The van der Waals surface area contributed by atoms with Crippen LogP contribution in [0.3, 0.4) is 0 Å². The standard InChI is InChI=1S/C18H20N2/c1-11-4-7-17-15(8-11)16(10-19)18(20-17)14-6-5-12(2)13(3)9-14/h4-9,20H,10,19H2,1-3H3. The number of hydrogen-bond donors (Lipinski definition) is 2. The van der Waals surface area contributed by atoms with Gasteiger partial charge in [-0.25, -0.2) is 0 Å². The zero-order valence-electron chi connectivity index (χ0n) is 12.2. The molecule has 3 N–H and O–H groups in total. The smallest absolute Gasteiger partial charge is 0.0510 e. The van der Waals surface area contributed by atoms with Gasteiger partial charge >= 0.3 is 0 Å². The molecule has 0 saturated carbocycles. The third-order valence-corrected chi connectivity index (χ3v) is 4.06. The van der Waals surface area contributed by atoms with E-state index in [1.807, 2.05) is 0 Å². The molecule has 2 nitrogen and oxygen atoms in total. The van der Waals surface area contributed by atoms with Gasteiger partial charge in [0.05, 0.1) is 5.69 Å². The molecule has 20 heavy (non-hydrogen) atoms. The number of nitrogens with two attached hydrogens (primary N) is 1. The van der Waals surface area contributed by atoms with Crippen molar-refractivity contribution in [3.05, 3.63) is 58.7 Å². The average molecular weight is 264 g/mol. The summed E-state index contributed by atoms with van der Waals surface area (Å²) in [6.07, 6.45) is 0. The van der Waals surface area contributed by atoms with Crippen molar-refractivity contribution in [1.29, 1.82) is 0 Å². The topological polar surface area (TPSA) is 41.8 Å². The van der Waals surface area contributed by atoms with Crippen LogP contribution < -0.4 is 5.73 Å². The predicted octanol–water partition coefficient (Wildman–Crippen LogP) is 4.22. The summed E-state index contributed by atoms with van der Waals surface area (Å²) in [7, 11) is 0. The zero-order valence-corrected chi connectivity index (χ0v) is 12.2. The molecule has 0 atom stereocenters. The second-order valence-electron chi connectivity index (χ2n) is 5.53. The van der Waals surface area contributed by atoms with Crippen molar-refractivity contribution in [2.45, 2.75) is 27.3 Å². The van der Waals surface area contributed by atoms with Gasteiger partial charge in [0.2, 0.25) is 0 Å². The highest BCUT2D eigenvalue weighted by molar-refractivity contribution is 5.91. The Morgan fingerprint density at radius 3 is 2.45 bits per heavy atom. The molecular weight excluding hydrogens is 244 g/mol. The molecule has 0 spiro atoms. The highest BCUT2D eigenvalue weighted by Crippen LogP contribution is 2.31. The highest BCUT2D eigenvalue weighted by atomic mass is 14.7. The molecule has 0 bridgehead atoms. The molecule has 0 aliphatic heterocycles. The Morgan fingerprint density at radius 2 is 1.75 bits per heavy atom. The van der Waals surface area contributed by atoms with Crippen LogP contribution in [0.4, 0.5) is 0 Å². The summed E-state index contributed by atoms with van der Waals surface area (Å²) in [6, 6.07) is 13.0. The lowest BCUT2D eigenvalue weighted by atomic mass is 10.0. The number of aromatic amines is 1. The Morgan fingerprint density at radius 1 is 0.950 bits per heavy atom. The number of aryl methyl sites for hydroxylation is 3. The number of aromatic nitrogens is 1. The number of fused-ring (bicyclic) bond motifs is 1. The fourth-order valence-corrected chi connectivity index (χ4v) is 2.72. The maximum absolute atomic E-state index is 6.00. The van der Waals surface area contributed by atoms with Crippen LogP contribution in [-0.2, 0) is 6.54 Å². The van der Waals surface area contributed by atoms with E-state index in [-0.39, 0.29) is 0 Å². The van der Waals surface area contributed by atoms with Crippen molar-refractivity contribution in [2.24, 2.45) is 5.73 Å². The molecule has 0 radical (unpaired) electrons. The van der Waals surface area contributed by atoms with Gasteiger partial charge in [0.1, 0.15) is 0 Å². The van der Waals surface area contributed by atoms with Crippen LogP contribution in [0, 0.1) is 20.8 Å². The van der Waals surface area contributed by atoms with Gasteiger partial charge in [0.25, 0.3) is 0 Å². The summed E-state index contributed by atoms with van der Waals surface area (Å²) < 4.78 is 0. The summed E-state index contributed by atoms with van der Waals surface area (Å²) in [5.74, 6) is 0. The third kappa shape index (κ3) is 2.02. The van der Waals surface area contributed by atoms with Crippen LogP contribution in [0.15, 0.2) is 36.4 Å². The van der Waals surface area contributed by atoms with Gasteiger partial charge in [-0.2, -0.15) is 0 Å². The Labute approximate surface area is 119 Å².